The Morgan fingerprint density at radius 1 is 1.59 bits per heavy atom. The third kappa shape index (κ3) is 3.30. The zero-order chi connectivity index (χ0) is 13.0. The van der Waals surface area contributed by atoms with Crippen molar-refractivity contribution in [3.8, 4) is 0 Å². The molecule has 0 spiro atoms. The van der Waals surface area contributed by atoms with Crippen LogP contribution in [0.3, 0.4) is 0 Å². The molecule has 1 unspecified atom stereocenters. The lowest BCUT2D eigenvalue weighted by atomic mass is 10.0. The number of hydrogen-bond donors (Lipinski definition) is 2. The van der Waals surface area contributed by atoms with Gasteiger partial charge in [0.1, 0.15) is 5.76 Å². The van der Waals surface area contributed by atoms with Crippen molar-refractivity contribution in [1.29, 1.82) is 0 Å². The summed E-state index contributed by atoms with van der Waals surface area (Å²) < 4.78 is 5.21. The molecule has 0 bridgehead atoms. The lowest BCUT2D eigenvalue weighted by Gasteiger charge is -2.20. The van der Waals surface area contributed by atoms with Gasteiger partial charge in [0.2, 0.25) is 0 Å². The zero-order valence-electron chi connectivity index (χ0n) is 10.3. The normalized spacial score (nSPS) is 12.5. The van der Waals surface area contributed by atoms with Crippen molar-refractivity contribution in [1.82, 2.24) is 5.32 Å². The SMILES string of the molecule is CCc1occc1C(=O)NC(C(N)=S)C(C)C. The van der Waals surface area contributed by atoms with Crippen LogP contribution in [0.25, 0.3) is 0 Å². The Labute approximate surface area is 107 Å². The zero-order valence-corrected chi connectivity index (χ0v) is 11.1. The van der Waals surface area contributed by atoms with Crippen LogP contribution in [0, 0.1) is 5.92 Å². The molecule has 0 aliphatic carbocycles. The molecule has 94 valence electrons. The summed E-state index contributed by atoms with van der Waals surface area (Å²) in [6.07, 6.45) is 2.19. The summed E-state index contributed by atoms with van der Waals surface area (Å²) in [5, 5.41) is 2.83. The van der Waals surface area contributed by atoms with Crippen molar-refractivity contribution in [2.75, 3.05) is 0 Å². The van der Waals surface area contributed by atoms with Crippen molar-refractivity contribution < 1.29 is 9.21 Å². The third-order valence-corrected chi connectivity index (χ3v) is 2.82. The number of thiocarbonyl (C=S) groups is 1. The van der Waals surface area contributed by atoms with Gasteiger partial charge in [0.15, 0.2) is 0 Å². The second-order valence-corrected chi connectivity index (χ2v) is 4.68. The molecule has 0 saturated heterocycles. The molecule has 17 heavy (non-hydrogen) atoms. The molecule has 1 amide bonds. The first-order chi connectivity index (χ1) is 7.97. The molecule has 4 nitrogen and oxygen atoms in total. The number of nitrogens with one attached hydrogen (secondary N) is 1. The maximum Gasteiger partial charge on any atom is 0.255 e. The van der Waals surface area contributed by atoms with Crippen LogP contribution in [0.4, 0.5) is 0 Å². The molecule has 1 heterocycles. The molecular weight excluding hydrogens is 236 g/mol. The quantitative estimate of drug-likeness (QED) is 0.787. The van der Waals surface area contributed by atoms with Gasteiger partial charge < -0.3 is 15.5 Å². The Morgan fingerprint density at radius 3 is 2.71 bits per heavy atom. The predicted octanol–water partition coefficient (Wildman–Crippen LogP) is 1.88. The molecule has 3 N–H and O–H groups in total. The fourth-order valence-electron chi connectivity index (χ4n) is 1.60. The number of carbonyl (C=O) groups is 1. The van der Waals surface area contributed by atoms with Gasteiger partial charge in [-0.1, -0.05) is 33.0 Å². The second kappa shape index (κ2) is 5.82. The Morgan fingerprint density at radius 2 is 2.24 bits per heavy atom. The van der Waals surface area contributed by atoms with Crippen molar-refractivity contribution in [2.24, 2.45) is 11.7 Å². The highest BCUT2D eigenvalue weighted by molar-refractivity contribution is 7.80. The van der Waals surface area contributed by atoms with Crippen molar-refractivity contribution >= 4 is 23.1 Å². The van der Waals surface area contributed by atoms with Crippen LogP contribution in [-0.4, -0.2) is 16.9 Å². The fourth-order valence-corrected chi connectivity index (χ4v) is 1.93. The van der Waals surface area contributed by atoms with Crippen LogP contribution < -0.4 is 11.1 Å². The highest BCUT2D eigenvalue weighted by Crippen LogP contribution is 2.12. The van der Waals surface area contributed by atoms with Gasteiger partial charge in [-0.25, -0.2) is 0 Å². The molecule has 1 aromatic rings. The number of carbonyl (C=O) groups excluding carboxylic acids is 1. The minimum atomic E-state index is -0.294. The van der Waals surface area contributed by atoms with Gasteiger partial charge in [0.05, 0.1) is 22.9 Å². The van der Waals surface area contributed by atoms with Gasteiger partial charge in [-0.05, 0) is 12.0 Å². The maximum atomic E-state index is 12.0. The average Bonchev–Trinajstić information content (AvgIpc) is 2.72. The fraction of sp³-hybridized carbons (Fsp3) is 0.500. The summed E-state index contributed by atoms with van der Waals surface area (Å²) in [4.78, 5) is 12.3. The van der Waals surface area contributed by atoms with Gasteiger partial charge in [-0.2, -0.15) is 0 Å². The molecule has 1 rings (SSSR count). The molecule has 0 saturated carbocycles. The Bertz CT molecular complexity index is 412. The number of furan rings is 1. The van der Waals surface area contributed by atoms with E-state index >= 15 is 0 Å². The first kappa shape index (κ1) is 13.7. The van der Waals surface area contributed by atoms with Crippen LogP contribution in [0.2, 0.25) is 0 Å². The molecule has 0 fully saturated rings. The van der Waals surface area contributed by atoms with E-state index in [0.29, 0.717) is 22.7 Å². The van der Waals surface area contributed by atoms with Crippen LogP contribution in [-0.2, 0) is 6.42 Å². The molecule has 0 aliphatic rings. The number of rotatable bonds is 5. The van der Waals surface area contributed by atoms with E-state index in [2.05, 4.69) is 5.32 Å². The summed E-state index contributed by atoms with van der Waals surface area (Å²) in [7, 11) is 0. The van der Waals surface area contributed by atoms with E-state index in [1.165, 1.54) is 6.26 Å². The van der Waals surface area contributed by atoms with Crippen LogP contribution in [0.5, 0.6) is 0 Å². The van der Waals surface area contributed by atoms with Gasteiger partial charge in [0, 0.05) is 6.42 Å². The van der Waals surface area contributed by atoms with Gasteiger partial charge in [-0.3, -0.25) is 4.79 Å². The topological polar surface area (TPSA) is 68.3 Å². The number of hydrogen-bond acceptors (Lipinski definition) is 3. The minimum Gasteiger partial charge on any atom is -0.469 e. The molecule has 1 aromatic heterocycles. The molecule has 0 radical (unpaired) electrons. The average molecular weight is 254 g/mol. The summed E-state index contributed by atoms with van der Waals surface area (Å²) in [5.41, 5.74) is 6.15. The largest absolute Gasteiger partial charge is 0.469 e. The van der Waals surface area contributed by atoms with Crippen molar-refractivity contribution in [3.05, 3.63) is 23.7 Å². The molecular formula is C12H18N2O2S. The van der Waals surface area contributed by atoms with Crippen LogP contribution in [0.15, 0.2) is 16.7 Å². The third-order valence-electron chi connectivity index (χ3n) is 2.57. The summed E-state index contributed by atoms with van der Waals surface area (Å²) in [6, 6.07) is 1.36. The van der Waals surface area contributed by atoms with E-state index in [-0.39, 0.29) is 17.9 Å². The molecule has 5 heteroatoms. The Hall–Kier alpha value is -1.36. The highest BCUT2D eigenvalue weighted by atomic mass is 32.1. The second-order valence-electron chi connectivity index (χ2n) is 4.21. The van der Waals surface area contributed by atoms with Gasteiger partial charge >= 0.3 is 0 Å². The Balaban J connectivity index is 2.81. The van der Waals surface area contributed by atoms with E-state index in [4.69, 9.17) is 22.4 Å². The van der Waals surface area contributed by atoms with E-state index in [1.54, 1.807) is 6.07 Å². The lowest BCUT2D eigenvalue weighted by Crippen LogP contribution is -2.46. The molecule has 0 aromatic carbocycles. The van der Waals surface area contributed by atoms with E-state index < -0.39 is 0 Å². The summed E-state index contributed by atoms with van der Waals surface area (Å²) >= 11 is 4.94. The first-order valence-corrected chi connectivity index (χ1v) is 6.04. The molecule has 0 aliphatic heterocycles. The van der Waals surface area contributed by atoms with Gasteiger partial charge in [-0.15, -0.1) is 0 Å². The van der Waals surface area contributed by atoms with Crippen LogP contribution in [0.1, 0.15) is 36.9 Å². The minimum absolute atomic E-state index is 0.161. The van der Waals surface area contributed by atoms with E-state index in [1.807, 2.05) is 20.8 Å². The highest BCUT2D eigenvalue weighted by Gasteiger charge is 2.21. The standard InChI is InChI=1S/C12H18N2O2S/c1-4-9-8(5-6-16-9)12(15)14-10(7(2)3)11(13)17/h5-7,10H,4H2,1-3H3,(H2,13,17)(H,14,15). The maximum absolute atomic E-state index is 12.0. The van der Waals surface area contributed by atoms with E-state index in [0.717, 1.165) is 0 Å². The van der Waals surface area contributed by atoms with Gasteiger partial charge in [0.25, 0.3) is 5.91 Å². The van der Waals surface area contributed by atoms with Crippen molar-refractivity contribution in [3.63, 3.8) is 0 Å². The monoisotopic (exact) mass is 254 g/mol. The lowest BCUT2D eigenvalue weighted by molar-refractivity contribution is 0.0938. The first-order valence-electron chi connectivity index (χ1n) is 5.63. The number of amides is 1. The number of aryl methyl sites for hydroxylation is 1. The molecule has 1 atom stereocenters. The summed E-state index contributed by atoms with van der Waals surface area (Å²) in [5.74, 6) is 0.642. The van der Waals surface area contributed by atoms with Crippen molar-refractivity contribution in [2.45, 2.75) is 33.2 Å². The summed E-state index contributed by atoms with van der Waals surface area (Å²) in [6.45, 7) is 5.85. The number of nitrogens with two attached hydrogens (primary N) is 1. The predicted molar refractivity (Wildman–Crippen MR) is 71.0 cm³/mol. The van der Waals surface area contributed by atoms with E-state index in [9.17, 15) is 4.79 Å². The smallest absolute Gasteiger partial charge is 0.255 e. The van der Waals surface area contributed by atoms with Crippen LogP contribution >= 0.6 is 12.2 Å². The Kier molecular flexibility index (Phi) is 4.69.